The number of hydrogen-bond donors (Lipinski definition) is 0. The first-order valence-corrected chi connectivity index (χ1v) is 4.73. The highest BCUT2D eigenvalue weighted by Crippen LogP contribution is 2.18. The number of allylic oxidation sites excluding steroid dienone is 1. The second kappa shape index (κ2) is 2.69. The highest BCUT2D eigenvalue weighted by molar-refractivity contribution is 7.83. The van der Waals surface area contributed by atoms with E-state index < -0.39 is 0 Å². The Morgan fingerprint density at radius 3 is 2.93 bits per heavy atom. The van der Waals surface area contributed by atoms with Gasteiger partial charge in [0, 0.05) is 17.0 Å². The summed E-state index contributed by atoms with van der Waals surface area (Å²) < 4.78 is 0. The molecule has 0 aliphatic carbocycles. The quantitative estimate of drug-likeness (QED) is 0.565. The third-order valence-corrected chi connectivity index (χ3v) is 2.61. The van der Waals surface area contributed by atoms with Gasteiger partial charge < -0.3 is 0 Å². The third kappa shape index (κ3) is 0.930. The summed E-state index contributed by atoms with van der Waals surface area (Å²) in [7, 11) is 0. The Kier molecular flexibility index (Phi) is 1.49. The van der Waals surface area contributed by atoms with E-state index in [9.17, 15) is 0 Å². The number of fused-ring (bicyclic) bond motifs is 2. The summed E-state index contributed by atoms with van der Waals surface area (Å²) in [6.07, 6.45) is 3.46. The molecule has 1 aromatic carbocycles. The normalized spacial score (nSPS) is 17.3. The number of para-hydroxylation sites is 1. The molecule has 0 bridgehead atoms. The van der Waals surface area contributed by atoms with E-state index in [1.165, 1.54) is 0 Å². The Labute approximate surface area is 86.0 Å². The second-order valence-corrected chi connectivity index (χ2v) is 3.60. The zero-order valence-corrected chi connectivity index (χ0v) is 8.08. The van der Waals surface area contributed by atoms with E-state index in [0.29, 0.717) is 0 Å². The van der Waals surface area contributed by atoms with E-state index in [1.807, 2.05) is 24.3 Å². The average Bonchev–Trinajstić information content (AvgIpc) is 2.57. The van der Waals surface area contributed by atoms with Gasteiger partial charge in [-0.05, 0) is 6.07 Å². The lowest BCUT2D eigenvalue weighted by molar-refractivity contribution is 1.30. The van der Waals surface area contributed by atoms with Crippen LogP contribution in [0, 0.1) is 0 Å². The van der Waals surface area contributed by atoms with Gasteiger partial charge in [0.25, 0.3) is 0 Å². The Balaban J connectivity index is 2.51. The number of rotatable bonds is 0. The maximum atomic E-state index is 5.23. The first-order chi connectivity index (χ1) is 6.86. The molecule has 0 saturated heterocycles. The van der Waals surface area contributed by atoms with Gasteiger partial charge in [-0.1, -0.05) is 30.4 Å². The molecule has 0 aromatic heterocycles. The van der Waals surface area contributed by atoms with Crippen molar-refractivity contribution in [3.8, 4) is 0 Å². The number of thiocarbonyl (C=S) groups is 1. The van der Waals surface area contributed by atoms with E-state index in [4.69, 9.17) is 12.2 Å². The van der Waals surface area contributed by atoms with Crippen molar-refractivity contribution in [2.75, 3.05) is 0 Å². The maximum Gasteiger partial charge on any atom is 0.0913 e. The van der Waals surface area contributed by atoms with Crippen molar-refractivity contribution >= 4 is 28.9 Å². The van der Waals surface area contributed by atoms with Gasteiger partial charge in [0.2, 0.25) is 0 Å². The standard InChI is InChI=1S/C11H6N2S/c14-10-6-12-5-9-11(10)7-3-1-2-4-8(7)13-9/h1-6H. The molecule has 0 saturated carbocycles. The summed E-state index contributed by atoms with van der Waals surface area (Å²) in [5.74, 6) is 0. The van der Waals surface area contributed by atoms with E-state index in [2.05, 4.69) is 9.98 Å². The van der Waals surface area contributed by atoms with Crippen LogP contribution >= 0.6 is 12.2 Å². The summed E-state index contributed by atoms with van der Waals surface area (Å²) in [4.78, 5) is 9.26. The molecule has 2 aliphatic rings. The lowest BCUT2D eigenvalue weighted by Gasteiger charge is -2.04. The van der Waals surface area contributed by atoms with Crippen LogP contribution in [0.15, 0.2) is 46.1 Å². The molecule has 2 heterocycles. The lowest BCUT2D eigenvalue weighted by Crippen LogP contribution is -2.24. The largest absolute Gasteiger partial charge is 0.261 e. The molecule has 0 unspecified atom stereocenters. The highest BCUT2D eigenvalue weighted by Gasteiger charge is 2.17. The van der Waals surface area contributed by atoms with Crippen LogP contribution in [0.25, 0.3) is 5.57 Å². The van der Waals surface area contributed by atoms with E-state index in [-0.39, 0.29) is 0 Å². The maximum absolute atomic E-state index is 5.23. The van der Waals surface area contributed by atoms with Gasteiger partial charge in [0.1, 0.15) is 0 Å². The first kappa shape index (κ1) is 7.76. The first-order valence-electron chi connectivity index (χ1n) is 4.32. The lowest BCUT2D eigenvalue weighted by atomic mass is 10.1. The predicted molar refractivity (Wildman–Crippen MR) is 59.8 cm³/mol. The Morgan fingerprint density at radius 1 is 1.14 bits per heavy atom. The molecule has 0 amide bonds. The Bertz CT molecular complexity index is 608. The number of aliphatic imine (C=N–C) groups is 1. The molecule has 0 N–H and O–H groups in total. The van der Waals surface area contributed by atoms with Crippen LogP contribution in [-0.4, -0.2) is 11.1 Å². The minimum Gasteiger partial charge on any atom is -0.261 e. The molecule has 2 nitrogen and oxygen atoms in total. The molecule has 3 heteroatoms. The van der Waals surface area contributed by atoms with E-state index in [0.717, 1.165) is 26.7 Å². The minimum atomic E-state index is 0.774. The molecule has 3 rings (SSSR count). The van der Waals surface area contributed by atoms with Gasteiger partial charge in [0.05, 0.1) is 22.1 Å². The Morgan fingerprint density at radius 2 is 2.00 bits per heavy atom. The second-order valence-electron chi connectivity index (χ2n) is 3.16. The minimum absolute atomic E-state index is 0.774. The molecule has 0 fully saturated rings. The zero-order valence-electron chi connectivity index (χ0n) is 7.27. The smallest absolute Gasteiger partial charge is 0.0913 e. The van der Waals surface area contributed by atoms with Crippen LogP contribution in [-0.2, 0) is 0 Å². The molecule has 0 spiro atoms. The summed E-state index contributed by atoms with van der Waals surface area (Å²) in [5, 5.41) is 2.11. The number of nitrogens with zero attached hydrogens (tertiary/aromatic N) is 2. The van der Waals surface area contributed by atoms with Crippen LogP contribution in [0.3, 0.4) is 0 Å². The summed E-state index contributed by atoms with van der Waals surface area (Å²) >= 11 is 5.23. The highest BCUT2D eigenvalue weighted by atomic mass is 32.1. The van der Waals surface area contributed by atoms with Crippen molar-refractivity contribution in [3.63, 3.8) is 0 Å². The van der Waals surface area contributed by atoms with Crippen LogP contribution in [0.1, 0.15) is 0 Å². The third-order valence-electron chi connectivity index (χ3n) is 2.31. The summed E-state index contributed by atoms with van der Waals surface area (Å²) in [6.45, 7) is 0. The van der Waals surface area contributed by atoms with Gasteiger partial charge in [-0.3, -0.25) is 4.99 Å². The molecule has 1 aromatic rings. The van der Waals surface area contributed by atoms with Crippen molar-refractivity contribution in [2.45, 2.75) is 0 Å². The topological polar surface area (TPSA) is 24.7 Å². The van der Waals surface area contributed by atoms with E-state index >= 15 is 0 Å². The van der Waals surface area contributed by atoms with Gasteiger partial charge in [0.15, 0.2) is 0 Å². The van der Waals surface area contributed by atoms with Gasteiger partial charge >= 0.3 is 0 Å². The van der Waals surface area contributed by atoms with Crippen molar-refractivity contribution in [1.29, 1.82) is 0 Å². The van der Waals surface area contributed by atoms with Crippen molar-refractivity contribution in [3.05, 3.63) is 46.7 Å². The summed E-state index contributed by atoms with van der Waals surface area (Å²) in [5.41, 5.74) is 1.93. The molecular weight excluding hydrogens is 192 g/mol. The van der Waals surface area contributed by atoms with Crippen LogP contribution in [0.4, 0.5) is 0 Å². The fourth-order valence-corrected chi connectivity index (χ4v) is 1.97. The van der Waals surface area contributed by atoms with Gasteiger partial charge in [-0.15, -0.1) is 0 Å². The molecule has 14 heavy (non-hydrogen) atoms. The van der Waals surface area contributed by atoms with Crippen LogP contribution < -0.4 is 10.6 Å². The Hall–Kier alpha value is -1.61. The number of benzene rings is 1. The van der Waals surface area contributed by atoms with Crippen molar-refractivity contribution in [1.82, 2.24) is 0 Å². The number of hydrogen-bond acceptors (Lipinski definition) is 3. The van der Waals surface area contributed by atoms with Crippen molar-refractivity contribution < 1.29 is 0 Å². The molecule has 2 aliphatic heterocycles. The molecule has 0 radical (unpaired) electrons. The molecule has 0 atom stereocenters. The zero-order chi connectivity index (χ0) is 9.54. The predicted octanol–water partition coefficient (Wildman–Crippen LogP) is 0.766. The van der Waals surface area contributed by atoms with Crippen LogP contribution in [0.2, 0.25) is 0 Å². The van der Waals surface area contributed by atoms with E-state index in [1.54, 1.807) is 12.4 Å². The van der Waals surface area contributed by atoms with Crippen molar-refractivity contribution in [2.24, 2.45) is 9.98 Å². The van der Waals surface area contributed by atoms with Gasteiger partial charge in [-0.25, -0.2) is 4.99 Å². The fraction of sp³-hybridized carbons (Fsp3) is 0. The monoisotopic (exact) mass is 198 g/mol. The van der Waals surface area contributed by atoms with Crippen LogP contribution in [0.5, 0.6) is 0 Å². The average molecular weight is 198 g/mol. The van der Waals surface area contributed by atoms with Gasteiger partial charge in [-0.2, -0.15) is 0 Å². The fourth-order valence-electron chi connectivity index (χ4n) is 1.70. The molecule has 66 valence electrons. The molecular formula is C11H6N2S. The SMILES string of the molecule is S=C1C=NC=C2N=c3ccccc3=C12. The summed E-state index contributed by atoms with van der Waals surface area (Å²) in [6, 6.07) is 8.01.